The van der Waals surface area contributed by atoms with E-state index in [2.05, 4.69) is 38.6 Å². The van der Waals surface area contributed by atoms with Gasteiger partial charge in [0, 0.05) is 21.4 Å². The van der Waals surface area contributed by atoms with Crippen LogP contribution in [0.4, 0.5) is 0 Å². The molecule has 0 saturated carbocycles. The van der Waals surface area contributed by atoms with Crippen LogP contribution >= 0.6 is 34.2 Å². The second-order valence-electron chi connectivity index (χ2n) is 4.72. The van der Waals surface area contributed by atoms with E-state index in [4.69, 9.17) is 16.3 Å². The topological polar surface area (TPSA) is 37.9 Å². The molecule has 2 aromatic heterocycles. The summed E-state index contributed by atoms with van der Waals surface area (Å²) in [6.07, 6.45) is 2.88. The first-order valence-electron chi connectivity index (χ1n) is 6.46. The lowest BCUT2D eigenvalue weighted by atomic mass is 10.1. The molecule has 0 radical (unpaired) electrons. The second kappa shape index (κ2) is 5.77. The van der Waals surface area contributed by atoms with Crippen molar-refractivity contribution in [3.05, 3.63) is 35.0 Å². The maximum absolute atomic E-state index is 6.36. The van der Waals surface area contributed by atoms with Crippen molar-refractivity contribution in [3.63, 3.8) is 0 Å². The molecule has 1 N–H and O–H groups in total. The maximum atomic E-state index is 6.36. The molecule has 104 valence electrons. The van der Waals surface area contributed by atoms with Crippen LogP contribution in [-0.2, 0) is 0 Å². The molecule has 3 aromatic rings. The number of aryl methyl sites for hydroxylation is 1. The van der Waals surface area contributed by atoms with Crippen LogP contribution in [0, 0.1) is 6.92 Å². The molecule has 0 aliphatic rings. The molecule has 20 heavy (non-hydrogen) atoms. The number of nitrogens with one attached hydrogen (secondary N) is 1. The van der Waals surface area contributed by atoms with E-state index in [1.165, 1.54) is 0 Å². The van der Waals surface area contributed by atoms with Gasteiger partial charge in [-0.2, -0.15) is 0 Å². The molecular formula is C15H14ClIN2O. The lowest BCUT2D eigenvalue weighted by Gasteiger charge is -2.07. The Morgan fingerprint density at radius 3 is 3.05 bits per heavy atom. The quantitative estimate of drug-likeness (QED) is 0.385. The van der Waals surface area contributed by atoms with E-state index in [1.807, 2.05) is 25.3 Å². The zero-order valence-electron chi connectivity index (χ0n) is 11.0. The molecule has 3 nitrogen and oxygen atoms in total. The number of nitrogens with zero attached hydrogens (tertiary/aromatic N) is 1. The van der Waals surface area contributed by atoms with Crippen molar-refractivity contribution in [2.75, 3.05) is 11.0 Å². The monoisotopic (exact) mass is 400 g/mol. The fourth-order valence-corrected chi connectivity index (χ4v) is 2.85. The SMILES string of the molecule is Cc1cnc2[nH]c3c(OCCCI)ccc(Cl)c3c2c1. The molecule has 0 unspecified atom stereocenters. The second-order valence-corrected chi connectivity index (χ2v) is 6.21. The number of rotatable bonds is 4. The highest BCUT2D eigenvalue weighted by atomic mass is 127. The Balaban J connectivity index is 2.19. The lowest BCUT2D eigenvalue weighted by molar-refractivity contribution is 0.323. The Bertz CT molecular complexity index is 769. The summed E-state index contributed by atoms with van der Waals surface area (Å²) in [7, 11) is 0. The van der Waals surface area contributed by atoms with E-state index in [9.17, 15) is 0 Å². The number of pyridine rings is 1. The molecule has 0 aliphatic carbocycles. The minimum Gasteiger partial charge on any atom is -0.491 e. The van der Waals surface area contributed by atoms with Gasteiger partial charge in [-0.05, 0) is 37.1 Å². The summed E-state index contributed by atoms with van der Waals surface area (Å²) in [6, 6.07) is 5.90. The molecule has 0 aliphatic heterocycles. The summed E-state index contributed by atoms with van der Waals surface area (Å²) >= 11 is 8.71. The molecule has 3 rings (SSSR count). The van der Waals surface area contributed by atoms with Crippen molar-refractivity contribution in [3.8, 4) is 5.75 Å². The third-order valence-corrected chi connectivity index (χ3v) is 4.27. The van der Waals surface area contributed by atoms with Crippen molar-refractivity contribution in [1.82, 2.24) is 9.97 Å². The van der Waals surface area contributed by atoms with Crippen molar-refractivity contribution in [2.45, 2.75) is 13.3 Å². The Hall–Kier alpha value is -1.01. The number of alkyl halides is 1. The fourth-order valence-electron chi connectivity index (χ4n) is 2.28. The average molecular weight is 401 g/mol. The minimum atomic E-state index is 0.710. The molecule has 0 bridgehead atoms. The summed E-state index contributed by atoms with van der Waals surface area (Å²) in [5.41, 5.74) is 2.89. The molecule has 0 atom stereocenters. The minimum absolute atomic E-state index is 0.710. The number of aromatic amines is 1. The van der Waals surface area contributed by atoms with Crippen LogP contribution in [-0.4, -0.2) is 21.0 Å². The van der Waals surface area contributed by atoms with Gasteiger partial charge in [0.25, 0.3) is 0 Å². The molecule has 2 heterocycles. The van der Waals surface area contributed by atoms with Gasteiger partial charge in [0.2, 0.25) is 0 Å². The standard InChI is InChI=1S/C15H14ClIN2O/c1-9-7-10-13-11(16)3-4-12(20-6-2-5-17)14(13)19-15(10)18-8-9/h3-4,7-8H,2,5-6H2,1H3,(H,18,19). The molecule has 5 heteroatoms. The van der Waals surface area contributed by atoms with Crippen LogP contribution < -0.4 is 4.74 Å². The first-order chi connectivity index (χ1) is 9.70. The zero-order chi connectivity index (χ0) is 14.1. The van der Waals surface area contributed by atoms with Crippen LogP contribution in [0.25, 0.3) is 21.9 Å². The summed E-state index contributed by atoms with van der Waals surface area (Å²) in [4.78, 5) is 7.74. The third kappa shape index (κ3) is 2.46. The average Bonchev–Trinajstić information content (AvgIpc) is 2.81. The van der Waals surface area contributed by atoms with Crippen LogP contribution in [0.3, 0.4) is 0 Å². The smallest absolute Gasteiger partial charge is 0.143 e. The third-order valence-electron chi connectivity index (χ3n) is 3.19. The van der Waals surface area contributed by atoms with Crippen LogP contribution in [0.1, 0.15) is 12.0 Å². The van der Waals surface area contributed by atoms with Gasteiger partial charge in [0.05, 0.1) is 17.1 Å². The molecule has 1 aromatic carbocycles. The van der Waals surface area contributed by atoms with Crippen LogP contribution in [0.5, 0.6) is 5.75 Å². The number of benzene rings is 1. The van der Waals surface area contributed by atoms with Gasteiger partial charge in [-0.15, -0.1) is 0 Å². The van der Waals surface area contributed by atoms with Crippen molar-refractivity contribution in [2.24, 2.45) is 0 Å². The summed E-state index contributed by atoms with van der Waals surface area (Å²) in [5.74, 6) is 0.838. The Morgan fingerprint density at radius 2 is 2.25 bits per heavy atom. The number of ether oxygens (including phenoxy) is 1. The normalized spacial score (nSPS) is 11.3. The van der Waals surface area contributed by atoms with E-state index in [-0.39, 0.29) is 0 Å². The zero-order valence-corrected chi connectivity index (χ0v) is 14.0. The largest absolute Gasteiger partial charge is 0.491 e. The Labute approximate surface area is 135 Å². The van der Waals surface area contributed by atoms with Gasteiger partial charge in [-0.3, -0.25) is 0 Å². The van der Waals surface area contributed by atoms with Crippen molar-refractivity contribution in [1.29, 1.82) is 0 Å². The highest BCUT2D eigenvalue weighted by Crippen LogP contribution is 2.36. The van der Waals surface area contributed by atoms with E-state index in [0.29, 0.717) is 6.61 Å². The molecule has 0 amide bonds. The van der Waals surface area contributed by atoms with Gasteiger partial charge in [0.1, 0.15) is 11.4 Å². The number of fused-ring (bicyclic) bond motifs is 3. The van der Waals surface area contributed by atoms with E-state index < -0.39 is 0 Å². The highest BCUT2D eigenvalue weighted by Gasteiger charge is 2.13. The van der Waals surface area contributed by atoms with Crippen molar-refractivity contribution >= 4 is 56.1 Å². The van der Waals surface area contributed by atoms with E-state index in [0.717, 1.165) is 49.1 Å². The predicted octanol–water partition coefficient (Wildman–Crippen LogP) is 4.88. The van der Waals surface area contributed by atoms with Crippen molar-refractivity contribution < 1.29 is 4.74 Å². The Morgan fingerprint density at radius 1 is 1.40 bits per heavy atom. The first kappa shape index (κ1) is 13.9. The van der Waals surface area contributed by atoms with Gasteiger partial charge in [-0.1, -0.05) is 34.2 Å². The molecule has 0 saturated heterocycles. The highest BCUT2D eigenvalue weighted by molar-refractivity contribution is 14.1. The maximum Gasteiger partial charge on any atom is 0.143 e. The first-order valence-corrected chi connectivity index (χ1v) is 8.36. The van der Waals surface area contributed by atoms with Gasteiger partial charge in [0.15, 0.2) is 0 Å². The van der Waals surface area contributed by atoms with E-state index in [1.54, 1.807) is 0 Å². The number of H-pyrrole nitrogens is 1. The fraction of sp³-hybridized carbons (Fsp3) is 0.267. The van der Waals surface area contributed by atoms with E-state index >= 15 is 0 Å². The molecular weight excluding hydrogens is 387 g/mol. The number of hydrogen-bond acceptors (Lipinski definition) is 2. The summed E-state index contributed by atoms with van der Waals surface area (Å²) in [6.45, 7) is 2.74. The number of halogens is 2. The van der Waals surface area contributed by atoms with Gasteiger partial charge >= 0.3 is 0 Å². The number of hydrogen-bond donors (Lipinski definition) is 1. The van der Waals surface area contributed by atoms with Crippen LogP contribution in [0.2, 0.25) is 5.02 Å². The molecule has 0 spiro atoms. The van der Waals surface area contributed by atoms with Crippen LogP contribution in [0.15, 0.2) is 24.4 Å². The summed E-state index contributed by atoms with van der Waals surface area (Å²) < 4.78 is 6.94. The lowest BCUT2D eigenvalue weighted by Crippen LogP contribution is -1.98. The number of aromatic nitrogens is 2. The summed E-state index contributed by atoms with van der Waals surface area (Å²) in [5, 5.41) is 2.76. The predicted molar refractivity (Wildman–Crippen MR) is 92.3 cm³/mol. The van der Waals surface area contributed by atoms with Gasteiger partial charge in [-0.25, -0.2) is 4.98 Å². The Kier molecular flexibility index (Phi) is 4.03. The molecule has 0 fully saturated rings. The van der Waals surface area contributed by atoms with Gasteiger partial charge < -0.3 is 9.72 Å².